The van der Waals surface area contributed by atoms with E-state index in [2.05, 4.69) is 16.7 Å². The first-order valence-electron chi connectivity index (χ1n) is 12.2. The van der Waals surface area contributed by atoms with Gasteiger partial charge >= 0.3 is 0 Å². The number of nitro groups is 2. The van der Waals surface area contributed by atoms with Crippen LogP contribution in [0.2, 0.25) is 0 Å². The fourth-order valence-corrected chi connectivity index (χ4v) is 4.03. The number of nitrogens with zero attached hydrogens (tertiary/aromatic N) is 4. The molecular weight excluding hydrogens is 488 g/mol. The van der Waals surface area contributed by atoms with Crippen molar-refractivity contribution in [2.75, 3.05) is 0 Å². The third-order valence-corrected chi connectivity index (χ3v) is 5.82. The van der Waals surface area contributed by atoms with Crippen molar-refractivity contribution in [1.82, 2.24) is 4.57 Å². The van der Waals surface area contributed by atoms with Crippen LogP contribution in [-0.2, 0) is 19.5 Å². The molecule has 0 aliphatic heterocycles. The number of imidazole rings is 1. The molecule has 0 aliphatic carbocycles. The number of hydrogen-bond acceptors (Lipinski definition) is 6. The molecule has 0 amide bonds. The Kier molecular flexibility index (Phi) is 8.32. The summed E-state index contributed by atoms with van der Waals surface area (Å²) in [6, 6.07) is 20.9. The number of nitro benzene ring substituents is 2. The van der Waals surface area contributed by atoms with Crippen molar-refractivity contribution in [3.63, 3.8) is 0 Å². The summed E-state index contributed by atoms with van der Waals surface area (Å²) >= 11 is 0. The molecule has 38 heavy (non-hydrogen) atoms. The summed E-state index contributed by atoms with van der Waals surface area (Å²) < 4.78 is 15.9. The largest absolute Gasteiger partial charge is 0.491 e. The predicted octanol–water partition coefficient (Wildman–Crippen LogP) is 5.44. The van der Waals surface area contributed by atoms with E-state index in [-0.39, 0.29) is 11.9 Å². The maximum Gasteiger partial charge on any atom is 0.280 e. The molecule has 1 unspecified atom stereocenters. The van der Waals surface area contributed by atoms with Gasteiger partial charge in [-0.25, -0.2) is 9.13 Å². The Morgan fingerprint density at radius 2 is 1.53 bits per heavy atom. The molecule has 0 saturated carbocycles. The van der Waals surface area contributed by atoms with Crippen LogP contribution in [0.1, 0.15) is 31.1 Å². The van der Waals surface area contributed by atoms with Crippen LogP contribution in [0.25, 0.3) is 0 Å². The molecule has 0 radical (unpaired) electrons. The number of benzene rings is 3. The minimum atomic E-state index is -0.672. The molecule has 0 spiro atoms. The second-order valence-corrected chi connectivity index (χ2v) is 9.13. The maximum atomic E-state index is 11.4. The normalized spacial score (nSPS) is 11.8. The molecule has 4 rings (SSSR count). The Bertz CT molecular complexity index is 1350. The van der Waals surface area contributed by atoms with Crippen molar-refractivity contribution in [2.24, 2.45) is 0 Å². The monoisotopic (exact) mass is 517 g/mol. The molecule has 0 fully saturated rings. The third-order valence-electron chi connectivity index (χ3n) is 5.82. The molecule has 3 aromatic carbocycles. The molecule has 10 nitrogen and oxygen atoms in total. The van der Waals surface area contributed by atoms with E-state index in [1.807, 2.05) is 79.6 Å². The van der Waals surface area contributed by atoms with Gasteiger partial charge in [0.2, 0.25) is 6.33 Å². The number of hydrogen-bond donors (Lipinski definition) is 0. The average molecular weight is 518 g/mol. The highest BCUT2D eigenvalue weighted by atomic mass is 16.6. The zero-order chi connectivity index (χ0) is 27.1. The molecule has 10 heteroatoms. The molecule has 1 aromatic heterocycles. The summed E-state index contributed by atoms with van der Waals surface area (Å²) in [5, 5.41) is 22.7. The van der Waals surface area contributed by atoms with E-state index in [4.69, 9.17) is 9.47 Å². The van der Waals surface area contributed by atoms with Gasteiger partial charge in [-0.1, -0.05) is 42.5 Å². The molecule has 4 aromatic rings. The van der Waals surface area contributed by atoms with Gasteiger partial charge in [0.25, 0.3) is 11.4 Å². The summed E-state index contributed by atoms with van der Waals surface area (Å²) in [6.45, 7) is 5.04. The van der Waals surface area contributed by atoms with Crippen LogP contribution in [0.5, 0.6) is 11.5 Å². The number of rotatable bonds is 12. The predicted molar refractivity (Wildman–Crippen MR) is 140 cm³/mol. The van der Waals surface area contributed by atoms with Crippen molar-refractivity contribution in [1.29, 1.82) is 0 Å². The van der Waals surface area contributed by atoms with Gasteiger partial charge in [0.1, 0.15) is 30.4 Å². The molecule has 0 aliphatic rings. The molecule has 0 saturated heterocycles. The van der Waals surface area contributed by atoms with Crippen LogP contribution in [0, 0.1) is 20.2 Å². The van der Waals surface area contributed by atoms with E-state index < -0.39 is 27.3 Å². The van der Waals surface area contributed by atoms with E-state index in [1.54, 1.807) is 0 Å². The van der Waals surface area contributed by atoms with E-state index in [0.717, 1.165) is 24.6 Å². The summed E-state index contributed by atoms with van der Waals surface area (Å²) in [5.41, 5.74) is 1.21. The minimum absolute atomic E-state index is 0.0181. The lowest BCUT2D eigenvalue weighted by atomic mass is 10.1. The summed E-state index contributed by atoms with van der Waals surface area (Å²) in [7, 11) is 0. The molecular formula is C28H29N4O6+. The van der Waals surface area contributed by atoms with E-state index in [0.29, 0.717) is 12.3 Å². The molecule has 196 valence electrons. The quantitative estimate of drug-likeness (QED) is 0.140. The number of aromatic nitrogens is 2. The summed E-state index contributed by atoms with van der Waals surface area (Å²) in [5.74, 6) is 0.746. The Hall–Kier alpha value is -4.73. The fourth-order valence-electron chi connectivity index (χ4n) is 4.03. The molecule has 0 bridgehead atoms. The van der Waals surface area contributed by atoms with Gasteiger partial charge in [0.15, 0.2) is 6.10 Å². The molecule has 0 N–H and O–H groups in total. The maximum absolute atomic E-state index is 11.4. The van der Waals surface area contributed by atoms with Gasteiger partial charge in [-0.3, -0.25) is 20.2 Å². The van der Waals surface area contributed by atoms with Crippen LogP contribution in [-0.4, -0.2) is 20.5 Å². The van der Waals surface area contributed by atoms with E-state index >= 15 is 0 Å². The van der Waals surface area contributed by atoms with Crippen LogP contribution >= 0.6 is 0 Å². The standard InChI is InChI=1S/C28H29N4O6/c1-21(2)37-26-10-8-23(9-11-26)28(38-27-17-24(31(33)34)16-25(18-27)32(35)36)19-30-15-14-29(20-30)13-12-22-6-4-3-5-7-22/h3-11,14-18,20-21,28H,12-13,19H2,1-2H3/q+1. The zero-order valence-corrected chi connectivity index (χ0v) is 21.2. The second-order valence-electron chi connectivity index (χ2n) is 9.13. The smallest absolute Gasteiger partial charge is 0.280 e. The minimum Gasteiger partial charge on any atom is -0.491 e. The highest BCUT2D eigenvalue weighted by Crippen LogP contribution is 2.31. The van der Waals surface area contributed by atoms with Gasteiger partial charge in [0, 0.05) is 6.42 Å². The summed E-state index contributed by atoms with van der Waals surface area (Å²) in [4.78, 5) is 21.4. The van der Waals surface area contributed by atoms with Crippen LogP contribution < -0.4 is 14.0 Å². The first kappa shape index (κ1) is 26.3. The van der Waals surface area contributed by atoms with Crippen LogP contribution in [0.4, 0.5) is 11.4 Å². The van der Waals surface area contributed by atoms with Crippen molar-refractivity contribution >= 4 is 11.4 Å². The molecule has 1 heterocycles. The van der Waals surface area contributed by atoms with Crippen molar-refractivity contribution in [3.8, 4) is 11.5 Å². The van der Waals surface area contributed by atoms with Crippen LogP contribution in [0.15, 0.2) is 91.5 Å². The topological polar surface area (TPSA) is 114 Å². The fraction of sp³-hybridized carbons (Fsp3) is 0.250. The van der Waals surface area contributed by atoms with Gasteiger partial charge in [0.05, 0.1) is 40.7 Å². The van der Waals surface area contributed by atoms with Crippen molar-refractivity contribution in [2.45, 2.75) is 45.6 Å². The van der Waals surface area contributed by atoms with Gasteiger partial charge in [-0.15, -0.1) is 0 Å². The van der Waals surface area contributed by atoms with Gasteiger partial charge < -0.3 is 9.47 Å². The van der Waals surface area contributed by atoms with Gasteiger partial charge in [-0.05, 0) is 37.1 Å². The number of aryl methyl sites for hydroxylation is 2. The zero-order valence-electron chi connectivity index (χ0n) is 21.2. The lowest BCUT2D eigenvalue weighted by Crippen LogP contribution is -2.36. The lowest BCUT2D eigenvalue weighted by Gasteiger charge is -2.19. The highest BCUT2D eigenvalue weighted by Gasteiger charge is 2.23. The number of non-ortho nitro benzene ring substituents is 2. The molecule has 1 atom stereocenters. The average Bonchev–Trinajstić information content (AvgIpc) is 3.35. The van der Waals surface area contributed by atoms with Crippen LogP contribution in [0.3, 0.4) is 0 Å². The Balaban J connectivity index is 1.58. The van der Waals surface area contributed by atoms with E-state index in [9.17, 15) is 20.2 Å². The summed E-state index contributed by atoms with van der Waals surface area (Å²) in [6.07, 6.45) is 6.17. The highest BCUT2D eigenvalue weighted by molar-refractivity contribution is 5.49. The SMILES string of the molecule is CC(C)Oc1ccc(C(C[n+]2ccn(CCc3ccccc3)c2)Oc2cc([N+](=O)[O-])cc([N+](=O)[O-])c2)cc1. The third kappa shape index (κ3) is 7.16. The number of ether oxygens (including phenoxy) is 2. The first-order valence-corrected chi connectivity index (χ1v) is 12.2. The Morgan fingerprint density at radius 3 is 2.13 bits per heavy atom. The van der Waals surface area contributed by atoms with Gasteiger partial charge in [-0.2, -0.15) is 0 Å². The second kappa shape index (κ2) is 12.0. The Labute approximate surface area is 220 Å². The van der Waals surface area contributed by atoms with Crippen molar-refractivity contribution < 1.29 is 23.9 Å². The lowest BCUT2D eigenvalue weighted by molar-refractivity contribution is -0.703. The van der Waals surface area contributed by atoms with E-state index in [1.165, 1.54) is 17.7 Å². The van der Waals surface area contributed by atoms with Crippen molar-refractivity contribution in [3.05, 3.63) is 123 Å². The Morgan fingerprint density at radius 1 is 0.868 bits per heavy atom. The first-order chi connectivity index (χ1) is 18.3.